The van der Waals surface area contributed by atoms with E-state index in [1.807, 2.05) is 54.6 Å². The van der Waals surface area contributed by atoms with Gasteiger partial charge in [-0.25, -0.2) is 4.79 Å². The first-order valence-corrected chi connectivity index (χ1v) is 17.2. The van der Waals surface area contributed by atoms with Crippen molar-refractivity contribution < 1.29 is 74.1 Å². The molecular weight excluding hydrogens is 712 g/mol. The maximum atomic E-state index is 12.7. The van der Waals surface area contributed by atoms with Crippen LogP contribution in [0.15, 0.2) is 78.9 Å². The summed E-state index contributed by atoms with van der Waals surface area (Å²) >= 11 is 0. The van der Waals surface area contributed by atoms with Crippen LogP contribution in [-0.4, -0.2) is 147 Å². The molecule has 11 atom stereocenters. The number of benzene rings is 3. The summed E-state index contributed by atoms with van der Waals surface area (Å²) in [6, 6.07) is 22.0. The fourth-order valence-electron chi connectivity index (χ4n) is 6.25. The van der Waals surface area contributed by atoms with E-state index in [0.717, 1.165) is 16.7 Å². The maximum Gasteiger partial charge on any atom is 0.364 e. The van der Waals surface area contributed by atoms with Gasteiger partial charge in [0.2, 0.25) is 12.2 Å². The van der Waals surface area contributed by atoms with Gasteiger partial charge in [-0.15, -0.1) is 0 Å². The molecule has 0 aliphatic carbocycles. The predicted molar refractivity (Wildman–Crippen MR) is 187 cm³/mol. The molecule has 2 aliphatic heterocycles. The molecule has 0 radical (unpaired) electrons. The number of nitrogens with one attached hydrogen (secondary N) is 2. The van der Waals surface area contributed by atoms with Gasteiger partial charge < -0.3 is 75.2 Å². The first-order valence-electron chi connectivity index (χ1n) is 17.2. The molecule has 2 saturated heterocycles. The number of amides is 1. The van der Waals surface area contributed by atoms with E-state index in [1.165, 1.54) is 19.2 Å². The van der Waals surface area contributed by atoms with Crippen molar-refractivity contribution in [3.63, 3.8) is 0 Å². The summed E-state index contributed by atoms with van der Waals surface area (Å²) < 4.78 is 27.8. The number of hydrogen-bond donors (Lipinski definition) is 10. The van der Waals surface area contributed by atoms with Crippen LogP contribution in [0.3, 0.4) is 0 Å². The van der Waals surface area contributed by atoms with Gasteiger partial charge in [0.1, 0.15) is 54.7 Å². The molecule has 54 heavy (non-hydrogen) atoms. The van der Waals surface area contributed by atoms with Crippen LogP contribution < -0.4 is 20.1 Å². The van der Waals surface area contributed by atoms with Gasteiger partial charge >= 0.3 is 5.97 Å². The lowest BCUT2D eigenvalue weighted by molar-refractivity contribution is -0.331. The molecule has 0 unspecified atom stereocenters. The highest BCUT2D eigenvalue weighted by molar-refractivity contribution is 5.78. The fourth-order valence-corrected chi connectivity index (χ4v) is 6.25. The van der Waals surface area contributed by atoms with E-state index >= 15 is 0 Å². The highest BCUT2D eigenvalue weighted by Crippen LogP contribution is 2.35. The number of carboxylic acids is 1. The van der Waals surface area contributed by atoms with Gasteiger partial charge in [0.25, 0.3) is 5.79 Å². The molecule has 10 N–H and O–H groups in total. The Morgan fingerprint density at radius 3 is 2.17 bits per heavy atom. The zero-order valence-corrected chi connectivity index (χ0v) is 29.3. The SMILES string of the molecule is COc1ccc(O[C@@H]2O[C@H](CO[C@]3(C(=O)O)C[C@H](O)[C@@H](NC(=O)CO)[C@H]([C@H](O)[C@H](O)CNCc4ccc(-c5ccccc5)cc4)O3)[C@H](O)[C@H](O)[C@H]2O)cc1. The average Bonchev–Trinajstić information content (AvgIpc) is 3.18. The summed E-state index contributed by atoms with van der Waals surface area (Å²) in [5.41, 5.74) is 2.90. The van der Waals surface area contributed by atoms with Crippen LogP contribution in [0.1, 0.15) is 12.0 Å². The van der Waals surface area contributed by atoms with E-state index in [-0.39, 0.29) is 18.8 Å². The Kier molecular flexibility index (Phi) is 13.9. The lowest BCUT2D eigenvalue weighted by Gasteiger charge is -2.47. The Morgan fingerprint density at radius 1 is 0.889 bits per heavy atom. The van der Waals surface area contributed by atoms with E-state index in [1.54, 1.807) is 12.1 Å². The topological polar surface area (TPSA) is 266 Å². The van der Waals surface area contributed by atoms with Crippen molar-refractivity contribution in [3.05, 3.63) is 84.4 Å². The normalized spacial score (nSPS) is 29.5. The second-order valence-electron chi connectivity index (χ2n) is 13.0. The third-order valence-electron chi connectivity index (χ3n) is 9.31. The molecule has 17 heteroatoms. The Bertz CT molecular complexity index is 1650. The molecule has 3 aromatic carbocycles. The Labute approximate surface area is 310 Å². The summed E-state index contributed by atoms with van der Waals surface area (Å²) in [7, 11) is 1.47. The molecular formula is C37H46N2O15. The molecule has 2 aliphatic rings. The van der Waals surface area contributed by atoms with Crippen LogP contribution in [0.25, 0.3) is 11.1 Å². The van der Waals surface area contributed by atoms with Crippen molar-refractivity contribution in [2.45, 2.75) is 79.9 Å². The second kappa shape index (κ2) is 18.4. The van der Waals surface area contributed by atoms with E-state index in [4.69, 9.17) is 23.7 Å². The van der Waals surface area contributed by atoms with Gasteiger partial charge in [0, 0.05) is 19.5 Å². The molecule has 0 bridgehead atoms. The van der Waals surface area contributed by atoms with E-state index < -0.39 is 98.5 Å². The molecule has 0 spiro atoms. The minimum absolute atomic E-state index is 0.200. The minimum atomic E-state index is -2.75. The van der Waals surface area contributed by atoms with Crippen molar-refractivity contribution in [3.8, 4) is 22.6 Å². The lowest BCUT2D eigenvalue weighted by Crippen LogP contribution is -2.69. The molecule has 0 aromatic heterocycles. The van der Waals surface area contributed by atoms with Crippen LogP contribution in [0.4, 0.5) is 0 Å². The number of aliphatic carboxylic acids is 1. The number of carbonyl (C=O) groups excluding carboxylic acids is 1. The Hall–Kier alpha value is -4.24. The number of carboxylic acid groups (broad SMARTS) is 1. The molecule has 2 heterocycles. The molecule has 294 valence electrons. The molecule has 5 rings (SSSR count). The van der Waals surface area contributed by atoms with E-state index in [2.05, 4.69) is 10.6 Å². The lowest BCUT2D eigenvalue weighted by atomic mass is 9.88. The average molecular weight is 759 g/mol. The number of aliphatic hydroxyl groups excluding tert-OH is 7. The van der Waals surface area contributed by atoms with Crippen LogP contribution >= 0.6 is 0 Å². The number of aliphatic hydroxyl groups is 7. The van der Waals surface area contributed by atoms with Gasteiger partial charge in [0.05, 0.1) is 32.0 Å². The zero-order valence-electron chi connectivity index (χ0n) is 29.3. The monoisotopic (exact) mass is 758 g/mol. The van der Waals surface area contributed by atoms with Gasteiger partial charge in [0.15, 0.2) is 0 Å². The molecule has 17 nitrogen and oxygen atoms in total. The Balaban J connectivity index is 1.27. The van der Waals surface area contributed by atoms with Crippen molar-refractivity contribution in [1.29, 1.82) is 0 Å². The van der Waals surface area contributed by atoms with E-state index in [9.17, 15) is 50.4 Å². The first kappa shape index (κ1) is 40.9. The number of hydrogen-bond acceptors (Lipinski definition) is 15. The van der Waals surface area contributed by atoms with Gasteiger partial charge in [-0.3, -0.25) is 4.79 Å². The number of methoxy groups -OCH3 is 1. The van der Waals surface area contributed by atoms with Gasteiger partial charge in [-0.1, -0.05) is 54.6 Å². The van der Waals surface area contributed by atoms with Gasteiger partial charge in [-0.05, 0) is 41.0 Å². The number of carbonyl (C=O) groups is 2. The smallest absolute Gasteiger partial charge is 0.364 e. The molecule has 2 fully saturated rings. The highest BCUT2D eigenvalue weighted by atomic mass is 16.7. The van der Waals surface area contributed by atoms with E-state index in [0.29, 0.717) is 5.75 Å². The largest absolute Gasteiger partial charge is 0.497 e. The van der Waals surface area contributed by atoms with Crippen LogP contribution in [0.2, 0.25) is 0 Å². The highest BCUT2D eigenvalue weighted by Gasteiger charge is 2.57. The number of rotatable bonds is 16. The fraction of sp³-hybridized carbons (Fsp3) is 0.459. The van der Waals surface area contributed by atoms with Crippen molar-refractivity contribution in [2.75, 3.05) is 26.9 Å². The second-order valence-corrected chi connectivity index (χ2v) is 13.0. The summed E-state index contributed by atoms with van der Waals surface area (Å²) in [5.74, 6) is -4.81. The summed E-state index contributed by atoms with van der Waals surface area (Å²) in [6.07, 6.45) is -16.5. The third-order valence-corrected chi connectivity index (χ3v) is 9.31. The molecule has 1 amide bonds. The summed E-state index contributed by atoms with van der Waals surface area (Å²) in [5, 5.41) is 90.2. The summed E-state index contributed by atoms with van der Waals surface area (Å²) in [6.45, 7) is -1.79. The van der Waals surface area contributed by atoms with Crippen LogP contribution in [0, 0.1) is 0 Å². The minimum Gasteiger partial charge on any atom is -0.497 e. The van der Waals surface area contributed by atoms with Crippen LogP contribution in [0.5, 0.6) is 11.5 Å². The Morgan fingerprint density at radius 2 is 1.54 bits per heavy atom. The molecule has 0 saturated carbocycles. The third kappa shape index (κ3) is 9.70. The van der Waals surface area contributed by atoms with Gasteiger partial charge in [-0.2, -0.15) is 0 Å². The first-order chi connectivity index (χ1) is 25.8. The maximum absolute atomic E-state index is 12.7. The quantitative estimate of drug-likeness (QED) is 0.0796. The standard InChI is InChI=1S/C37H46N2O15/c1-50-23-11-13-24(14-12-23)52-35-33(47)32(46)31(45)27(53-35)19-51-37(36(48)49)15-25(41)29(39-28(43)18-40)34(54-37)30(44)26(42)17-38-16-20-7-9-22(10-8-20)21-5-3-2-4-6-21/h2-14,25-27,29-35,38,40-42,44-47H,15-19H2,1H3,(H,39,43)(H,48,49)/t25-,26+,27+,29+,30+,31-,32-,33+,34+,35+,37+/m0/s1. The van der Waals surface area contributed by atoms with Crippen molar-refractivity contribution >= 4 is 11.9 Å². The zero-order chi connectivity index (χ0) is 39.0. The van der Waals surface area contributed by atoms with Crippen LogP contribution in [-0.2, 0) is 30.3 Å². The summed E-state index contributed by atoms with van der Waals surface area (Å²) in [4.78, 5) is 24.9. The number of ether oxygens (including phenoxy) is 5. The van der Waals surface area contributed by atoms with Crippen molar-refractivity contribution in [1.82, 2.24) is 10.6 Å². The predicted octanol–water partition coefficient (Wildman–Crippen LogP) is -1.52. The van der Waals surface area contributed by atoms with Crippen molar-refractivity contribution in [2.24, 2.45) is 0 Å². The molecule has 3 aromatic rings.